The van der Waals surface area contributed by atoms with Gasteiger partial charge in [0.05, 0.1) is 11.8 Å². The summed E-state index contributed by atoms with van der Waals surface area (Å²) in [6.07, 6.45) is 5.59. The van der Waals surface area contributed by atoms with Crippen LogP contribution in [0.15, 0.2) is 48.5 Å². The smallest absolute Gasteiger partial charge is 0.145 e. The van der Waals surface area contributed by atoms with E-state index in [1.54, 1.807) is 12.1 Å². The Morgan fingerprint density at radius 3 is 1.53 bits per heavy atom. The van der Waals surface area contributed by atoms with Gasteiger partial charge in [-0.25, -0.2) is 0 Å². The Balaban J connectivity index is 1.74. The molecule has 0 spiro atoms. The molecule has 2 fully saturated rings. The standard InChI is InChI=1S/C25H28Cl2O3/c26-21-13-3-1-9-17(21)24(29)15-7-5-11-19(24)23(28)20-12-6-8-16-25(20,30)18-10-2-4-14-22(18)27/h1-4,9-10,13-14,19-20,29-30H,5-8,11-12,15-16H2. The molecule has 3 nitrogen and oxygen atoms in total. The van der Waals surface area contributed by atoms with Crippen LogP contribution in [-0.2, 0) is 16.0 Å². The van der Waals surface area contributed by atoms with Gasteiger partial charge in [0, 0.05) is 21.2 Å². The van der Waals surface area contributed by atoms with E-state index in [9.17, 15) is 15.0 Å². The summed E-state index contributed by atoms with van der Waals surface area (Å²) in [6.45, 7) is 0. The number of carbonyl (C=O) groups excluding carboxylic acids is 1. The fourth-order valence-electron chi connectivity index (χ4n) is 5.58. The van der Waals surface area contributed by atoms with Gasteiger partial charge in [-0.3, -0.25) is 4.79 Å². The largest absolute Gasteiger partial charge is 0.384 e. The minimum Gasteiger partial charge on any atom is -0.384 e. The van der Waals surface area contributed by atoms with Gasteiger partial charge in [0.25, 0.3) is 0 Å². The molecule has 0 amide bonds. The Kier molecular flexibility index (Phi) is 6.28. The first-order chi connectivity index (χ1) is 14.4. The monoisotopic (exact) mass is 446 g/mol. The van der Waals surface area contributed by atoms with Crippen molar-refractivity contribution in [3.63, 3.8) is 0 Å². The lowest BCUT2D eigenvalue weighted by Crippen LogP contribution is -2.50. The molecular formula is C25H28Cl2O3. The summed E-state index contributed by atoms with van der Waals surface area (Å²) < 4.78 is 0. The third-order valence-electron chi connectivity index (χ3n) is 7.12. The van der Waals surface area contributed by atoms with E-state index in [2.05, 4.69) is 0 Å². The van der Waals surface area contributed by atoms with Gasteiger partial charge in [0.1, 0.15) is 17.0 Å². The number of ketones is 1. The third kappa shape index (κ3) is 3.71. The highest BCUT2D eigenvalue weighted by Crippen LogP contribution is 2.50. The lowest BCUT2D eigenvalue weighted by molar-refractivity contribution is -0.155. The number of aliphatic hydroxyl groups is 2. The fraction of sp³-hybridized carbons (Fsp3) is 0.480. The molecule has 160 valence electrons. The Morgan fingerprint density at radius 2 is 1.13 bits per heavy atom. The molecule has 5 heteroatoms. The van der Waals surface area contributed by atoms with Crippen molar-refractivity contribution in [2.24, 2.45) is 11.8 Å². The van der Waals surface area contributed by atoms with Crippen molar-refractivity contribution < 1.29 is 15.0 Å². The zero-order valence-corrected chi connectivity index (χ0v) is 18.5. The lowest BCUT2D eigenvalue weighted by atomic mass is 9.62. The van der Waals surface area contributed by atoms with Gasteiger partial charge in [-0.15, -0.1) is 0 Å². The Morgan fingerprint density at radius 1 is 0.733 bits per heavy atom. The zero-order valence-electron chi connectivity index (χ0n) is 17.0. The van der Waals surface area contributed by atoms with Gasteiger partial charge >= 0.3 is 0 Å². The minimum atomic E-state index is -1.31. The van der Waals surface area contributed by atoms with Crippen LogP contribution in [0.5, 0.6) is 0 Å². The maximum absolute atomic E-state index is 13.9. The van der Waals surface area contributed by atoms with Crippen molar-refractivity contribution in [2.45, 2.75) is 62.6 Å². The second kappa shape index (κ2) is 8.63. The molecule has 4 atom stereocenters. The molecule has 2 saturated carbocycles. The SMILES string of the molecule is O=C(C1CCCCC1(O)c1ccccc1Cl)C1CCCCC1(O)c1ccccc1Cl. The number of rotatable bonds is 4. The van der Waals surface area contributed by atoms with E-state index < -0.39 is 23.0 Å². The van der Waals surface area contributed by atoms with Crippen LogP contribution in [-0.4, -0.2) is 16.0 Å². The maximum atomic E-state index is 13.9. The first-order valence-electron chi connectivity index (χ1n) is 10.9. The number of hydrogen-bond acceptors (Lipinski definition) is 3. The molecule has 0 aliphatic heterocycles. The van der Waals surface area contributed by atoms with Crippen LogP contribution in [0.2, 0.25) is 10.0 Å². The molecule has 4 unspecified atom stereocenters. The molecule has 2 aromatic carbocycles. The first-order valence-corrected chi connectivity index (χ1v) is 11.6. The van der Waals surface area contributed by atoms with E-state index in [0.717, 1.165) is 25.7 Å². The highest BCUT2D eigenvalue weighted by atomic mass is 35.5. The van der Waals surface area contributed by atoms with Crippen molar-refractivity contribution in [1.29, 1.82) is 0 Å². The summed E-state index contributed by atoms with van der Waals surface area (Å²) >= 11 is 12.9. The van der Waals surface area contributed by atoms with E-state index in [-0.39, 0.29) is 5.78 Å². The topological polar surface area (TPSA) is 57.5 Å². The predicted molar refractivity (Wildman–Crippen MR) is 120 cm³/mol. The summed E-state index contributed by atoms with van der Waals surface area (Å²) in [7, 11) is 0. The molecule has 0 heterocycles. The van der Waals surface area contributed by atoms with E-state index in [0.29, 0.717) is 46.9 Å². The Bertz CT molecular complexity index is 857. The van der Waals surface area contributed by atoms with Crippen LogP contribution < -0.4 is 0 Å². The normalized spacial score (nSPS) is 32.0. The molecule has 0 radical (unpaired) electrons. The molecule has 2 aliphatic rings. The molecule has 2 aromatic rings. The molecule has 4 rings (SSSR count). The quantitative estimate of drug-likeness (QED) is 0.603. The maximum Gasteiger partial charge on any atom is 0.145 e. The van der Waals surface area contributed by atoms with Crippen LogP contribution in [0.1, 0.15) is 62.5 Å². The zero-order chi connectivity index (χ0) is 21.4. The predicted octanol–water partition coefficient (Wildman–Crippen LogP) is 6.02. The number of benzene rings is 2. The summed E-state index contributed by atoms with van der Waals surface area (Å²) in [5, 5.41) is 24.5. The molecule has 2 N–H and O–H groups in total. The molecule has 2 aliphatic carbocycles. The van der Waals surface area contributed by atoms with E-state index in [4.69, 9.17) is 23.2 Å². The number of halogens is 2. The van der Waals surface area contributed by atoms with Crippen LogP contribution in [0.4, 0.5) is 0 Å². The van der Waals surface area contributed by atoms with Crippen molar-refractivity contribution in [2.75, 3.05) is 0 Å². The van der Waals surface area contributed by atoms with Crippen LogP contribution >= 0.6 is 23.2 Å². The highest BCUT2D eigenvalue weighted by molar-refractivity contribution is 6.31. The van der Waals surface area contributed by atoms with E-state index >= 15 is 0 Å². The summed E-state index contributed by atoms with van der Waals surface area (Å²) in [6, 6.07) is 14.5. The van der Waals surface area contributed by atoms with Crippen LogP contribution in [0, 0.1) is 11.8 Å². The van der Waals surface area contributed by atoms with Crippen LogP contribution in [0.25, 0.3) is 0 Å². The fourth-order valence-corrected chi connectivity index (χ4v) is 6.18. The molecule has 0 saturated heterocycles. The summed E-state index contributed by atoms with van der Waals surface area (Å²) in [5.74, 6) is -1.26. The third-order valence-corrected chi connectivity index (χ3v) is 7.78. The average molecular weight is 447 g/mol. The van der Waals surface area contributed by atoms with Crippen molar-refractivity contribution >= 4 is 29.0 Å². The van der Waals surface area contributed by atoms with Gasteiger partial charge in [0.15, 0.2) is 0 Å². The van der Waals surface area contributed by atoms with Crippen molar-refractivity contribution in [3.8, 4) is 0 Å². The number of carbonyl (C=O) groups is 1. The van der Waals surface area contributed by atoms with Crippen molar-refractivity contribution in [1.82, 2.24) is 0 Å². The molecule has 0 bridgehead atoms. The lowest BCUT2D eigenvalue weighted by Gasteiger charge is -2.46. The highest BCUT2D eigenvalue weighted by Gasteiger charge is 2.52. The van der Waals surface area contributed by atoms with Crippen LogP contribution in [0.3, 0.4) is 0 Å². The van der Waals surface area contributed by atoms with Gasteiger partial charge in [-0.1, -0.05) is 85.3 Å². The molecule has 30 heavy (non-hydrogen) atoms. The van der Waals surface area contributed by atoms with E-state index in [1.165, 1.54) is 0 Å². The first kappa shape index (κ1) is 21.8. The summed E-state index contributed by atoms with van der Waals surface area (Å²) in [4.78, 5) is 13.9. The second-order valence-corrected chi connectivity index (χ2v) is 9.62. The molecular weight excluding hydrogens is 419 g/mol. The van der Waals surface area contributed by atoms with Gasteiger partial charge < -0.3 is 10.2 Å². The minimum absolute atomic E-state index is 0.0701. The Labute approximate surface area is 188 Å². The summed E-state index contributed by atoms with van der Waals surface area (Å²) in [5.41, 5.74) is -1.40. The van der Waals surface area contributed by atoms with Gasteiger partial charge in [0.2, 0.25) is 0 Å². The molecule has 0 aromatic heterocycles. The Hall–Kier alpha value is -1.39. The van der Waals surface area contributed by atoms with Gasteiger partial charge in [-0.2, -0.15) is 0 Å². The van der Waals surface area contributed by atoms with Gasteiger partial charge in [-0.05, 0) is 37.8 Å². The van der Waals surface area contributed by atoms with E-state index in [1.807, 2.05) is 36.4 Å². The van der Waals surface area contributed by atoms with Crippen molar-refractivity contribution in [3.05, 3.63) is 69.7 Å². The number of hydrogen-bond donors (Lipinski definition) is 2. The average Bonchev–Trinajstić information content (AvgIpc) is 2.74. The number of Topliss-reactive ketones (excluding diaryl/α,β-unsaturated/α-hetero) is 1. The second-order valence-electron chi connectivity index (χ2n) is 8.81.